The van der Waals surface area contributed by atoms with Crippen LogP contribution in [0, 0.1) is 23.2 Å². The monoisotopic (exact) mass is 408 g/mol. The van der Waals surface area contributed by atoms with Crippen molar-refractivity contribution in [3.63, 3.8) is 0 Å². The van der Waals surface area contributed by atoms with Crippen LogP contribution in [0.4, 0.5) is 5.69 Å². The first-order chi connectivity index (χ1) is 12.9. The third-order valence-electron chi connectivity index (χ3n) is 6.59. The molecule has 0 spiro atoms. The van der Waals surface area contributed by atoms with E-state index in [4.69, 9.17) is 23.2 Å². The van der Waals surface area contributed by atoms with Crippen molar-refractivity contribution in [2.45, 2.75) is 51.4 Å². The van der Waals surface area contributed by atoms with Gasteiger partial charge in [-0.1, -0.05) is 23.2 Å². The van der Waals surface area contributed by atoms with E-state index in [2.05, 4.69) is 10.6 Å². The quantitative estimate of drug-likeness (QED) is 0.647. The van der Waals surface area contributed by atoms with Crippen LogP contribution in [0.25, 0.3) is 0 Å². The molecule has 4 aliphatic rings. The zero-order valence-electron chi connectivity index (χ0n) is 15.4. The van der Waals surface area contributed by atoms with E-state index in [9.17, 15) is 9.59 Å². The van der Waals surface area contributed by atoms with E-state index in [1.165, 1.54) is 19.3 Å². The van der Waals surface area contributed by atoms with Crippen LogP contribution < -0.4 is 10.6 Å². The molecule has 0 unspecified atom stereocenters. The molecule has 0 aromatic heterocycles. The average Bonchev–Trinajstić information content (AvgIpc) is 2.60. The van der Waals surface area contributed by atoms with Crippen molar-refractivity contribution in [1.29, 1.82) is 0 Å². The summed E-state index contributed by atoms with van der Waals surface area (Å²) in [5.41, 5.74) is 0.400. The fourth-order valence-corrected chi connectivity index (χ4v) is 6.17. The summed E-state index contributed by atoms with van der Waals surface area (Å²) in [5, 5.41) is 6.88. The van der Waals surface area contributed by atoms with Crippen LogP contribution >= 0.6 is 23.2 Å². The van der Waals surface area contributed by atoms with E-state index in [1.54, 1.807) is 18.2 Å². The Morgan fingerprint density at radius 1 is 1.04 bits per heavy atom. The van der Waals surface area contributed by atoms with Gasteiger partial charge in [0.25, 0.3) is 0 Å². The highest BCUT2D eigenvalue weighted by atomic mass is 35.5. The molecule has 2 amide bonds. The van der Waals surface area contributed by atoms with E-state index in [0.717, 1.165) is 37.0 Å². The molecule has 4 aliphatic carbocycles. The van der Waals surface area contributed by atoms with Crippen LogP contribution in [0.3, 0.4) is 0 Å². The molecular weight excluding hydrogens is 383 g/mol. The molecule has 2 N–H and O–H groups in total. The largest absolute Gasteiger partial charge is 0.356 e. The summed E-state index contributed by atoms with van der Waals surface area (Å²) < 4.78 is 0. The van der Waals surface area contributed by atoms with Gasteiger partial charge in [0.2, 0.25) is 11.8 Å². The van der Waals surface area contributed by atoms with Crippen molar-refractivity contribution < 1.29 is 9.59 Å². The minimum atomic E-state index is -0.122. The van der Waals surface area contributed by atoms with Gasteiger partial charge in [0.05, 0.1) is 10.7 Å². The predicted octanol–water partition coefficient (Wildman–Crippen LogP) is 5.04. The molecule has 0 radical (unpaired) electrons. The zero-order chi connectivity index (χ0) is 19.0. The van der Waals surface area contributed by atoms with Gasteiger partial charge in [-0.15, -0.1) is 0 Å². The molecule has 0 aliphatic heterocycles. The number of halogens is 2. The number of rotatable bonds is 6. The molecular formula is C21H26Cl2N2O2. The topological polar surface area (TPSA) is 58.2 Å². The van der Waals surface area contributed by atoms with Gasteiger partial charge in [-0.25, -0.2) is 0 Å². The first-order valence-corrected chi connectivity index (χ1v) is 10.7. The summed E-state index contributed by atoms with van der Waals surface area (Å²) in [6.07, 6.45) is 8.15. The molecule has 4 fully saturated rings. The second-order valence-corrected chi connectivity index (χ2v) is 9.57. The lowest BCUT2D eigenvalue weighted by Crippen LogP contribution is -2.53. The maximum Gasteiger partial charge on any atom is 0.226 e. The number of carbonyl (C=O) groups is 2. The lowest BCUT2D eigenvalue weighted by atomic mass is 9.49. The zero-order valence-corrected chi connectivity index (χ0v) is 16.9. The second kappa shape index (κ2) is 7.63. The maximum absolute atomic E-state index is 12.9. The van der Waals surface area contributed by atoms with Gasteiger partial charge >= 0.3 is 0 Å². The van der Waals surface area contributed by atoms with Crippen LogP contribution in [0.15, 0.2) is 18.2 Å². The molecule has 0 atom stereocenters. The molecule has 0 heterocycles. The molecule has 1 aromatic carbocycles. The molecule has 4 bridgehead atoms. The van der Waals surface area contributed by atoms with Gasteiger partial charge in [-0.2, -0.15) is 0 Å². The molecule has 6 heteroatoms. The normalized spacial score (nSPS) is 31.0. The number of carbonyl (C=O) groups excluding carboxylic acids is 2. The predicted molar refractivity (Wildman–Crippen MR) is 108 cm³/mol. The van der Waals surface area contributed by atoms with Gasteiger partial charge in [0.1, 0.15) is 0 Å². The fraction of sp³-hybridized carbons (Fsp3) is 0.619. The summed E-state index contributed by atoms with van der Waals surface area (Å²) >= 11 is 12.0. The summed E-state index contributed by atoms with van der Waals surface area (Å²) in [7, 11) is 0. The molecule has 5 rings (SSSR count). The summed E-state index contributed by atoms with van der Waals surface area (Å²) in [4.78, 5) is 25.0. The highest BCUT2D eigenvalue weighted by molar-refractivity contribution is 6.35. The number of anilines is 1. The van der Waals surface area contributed by atoms with E-state index in [-0.39, 0.29) is 17.2 Å². The molecule has 4 saturated carbocycles. The van der Waals surface area contributed by atoms with Gasteiger partial charge in [-0.05, 0) is 80.9 Å². The number of nitrogens with one attached hydrogen (secondary N) is 2. The maximum atomic E-state index is 12.9. The third kappa shape index (κ3) is 4.12. The Hall–Kier alpha value is -1.26. The van der Waals surface area contributed by atoms with Crippen molar-refractivity contribution >= 4 is 40.7 Å². The Balaban J connectivity index is 1.23. The number of hydrogen-bond donors (Lipinski definition) is 2. The smallest absolute Gasteiger partial charge is 0.226 e. The Morgan fingerprint density at radius 3 is 2.30 bits per heavy atom. The van der Waals surface area contributed by atoms with Crippen molar-refractivity contribution in [3.8, 4) is 0 Å². The Kier molecular flexibility index (Phi) is 5.39. The van der Waals surface area contributed by atoms with E-state index in [1.807, 2.05) is 0 Å². The van der Waals surface area contributed by atoms with E-state index < -0.39 is 0 Å². The summed E-state index contributed by atoms with van der Waals surface area (Å²) in [6, 6.07) is 4.97. The van der Waals surface area contributed by atoms with Crippen molar-refractivity contribution in [2.75, 3.05) is 11.9 Å². The summed E-state index contributed by atoms with van der Waals surface area (Å²) in [5.74, 6) is 2.38. The summed E-state index contributed by atoms with van der Waals surface area (Å²) in [6.45, 7) is 0.539. The molecule has 27 heavy (non-hydrogen) atoms. The number of benzene rings is 1. The van der Waals surface area contributed by atoms with Crippen LogP contribution in [0.1, 0.15) is 51.4 Å². The highest BCUT2D eigenvalue weighted by Crippen LogP contribution is 2.60. The van der Waals surface area contributed by atoms with Crippen LogP contribution in [-0.4, -0.2) is 18.4 Å². The molecule has 1 aromatic rings. The van der Waals surface area contributed by atoms with Crippen molar-refractivity contribution in [2.24, 2.45) is 23.2 Å². The number of amides is 2. The molecule has 4 nitrogen and oxygen atoms in total. The van der Waals surface area contributed by atoms with Crippen LogP contribution in [0.2, 0.25) is 10.0 Å². The van der Waals surface area contributed by atoms with E-state index in [0.29, 0.717) is 35.1 Å². The second-order valence-electron chi connectivity index (χ2n) is 8.73. The first kappa shape index (κ1) is 19.1. The number of hydrogen-bond acceptors (Lipinski definition) is 2. The van der Waals surface area contributed by atoms with Gasteiger partial charge < -0.3 is 10.6 Å². The van der Waals surface area contributed by atoms with Crippen molar-refractivity contribution in [1.82, 2.24) is 5.32 Å². The van der Waals surface area contributed by atoms with Gasteiger partial charge in [0.15, 0.2) is 0 Å². The van der Waals surface area contributed by atoms with Gasteiger partial charge in [0, 0.05) is 23.4 Å². The van der Waals surface area contributed by atoms with Crippen LogP contribution in [-0.2, 0) is 9.59 Å². The van der Waals surface area contributed by atoms with E-state index >= 15 is 0 Å². The first-order valence-electron chi connectivity index (χ1n) is 9.97. The average molecular weight is 409 g/mol. The highest BCUT2D eigenvalue weighted by Gasteiger charge is 2.54. The van der Waals surface area contributed by atoms with Crippen LogP contribution in [0.5, 0.6) is 0 Å². The minimum Gasteiger partial charge on any atom is -0.356 e. The standard InChI is InChI=1S/C21H26Cl2N2O2/c22-16-3-4-17(23)18(9-16)25-19(26)2-1-5-24-20(27)21-10-13-6-14(11-21)8-15(7-13)12-21/h3-4,9,13-15H,1-2,5-8,10-12H2,(H,24,27)(H,25,26). The van der Waals surface area contributed by atoms with Gasteiger partial charge in [-0.3, -0.25) is 9.59 Å². The Morgan fingerprint density at radius 2 is 1.67 bits per heavy atom. The SMILES string of the molecule is O=C(CCCNC(=O)C12CC3CC(CC(C3)C1)C2)Nc1cc(Cl)ccc1Cl. The Bertz CT molecular complexity index is 714. The minimum absolute atomic E-state index is 0.120. The Labute approximate surface area is 170 Å². The third-order valence-corrected chi connectivity index (χ3v) is 7.15. The lowest BCUT2D eigenvalue weighted by molar-refractivity contribution is -0.146. The van der Waals surface area contributed by atoms with Crippen molar-refractivity contribution in [3.05, 3.63) is 28.2 Å². The fourth-order valence-electron chi connectivity index (χ4n) is 5.83. The lowest BCUT2D eigenvalue weighted by Gasteiger charge is -2.55. The molecule has 0 saturated heterocycles. The molecule has 146 valence electrons.